The fourth-order valence-corrected chi connectivity index (χ4v) is 1.42. The third-order valence-corrected chi connectivity index (χ3v) is 2.28. The molecule has 0 saturated heterocycles. The number of benzene rings is 1. The maximum absolute atomic E-state index is 11.0. The lowest BCUT2D eigenvalue weighted by Crippen LogP contribution is -2.11. The number of carbonyl (C=O) groups excluding carboxylic acids is 2. The number of rotatable bonds is 6. The average Bonchev–Trinajstić information content (AvgIpc) is 2.43. The molecule has 0 fully saturated rings. The molecule has 6 nitrogen and oxygen atoms in total. The predicted octanol–water partition coefficient (Wildman–Crippen LogP) is 1.12. The summed E-state index contributed by atoms with van der Waals surface area (Å²) < 4.78 is 14.5. The number of ether oxygens (including phenoxy) is 2. The normalized spacial score (nSPS) is 10.2. The molecule has 0 aliphatic heterocycles. The standard InChI is InChI=1S/C13H16BNO5/c1-9(16)20-12-6-4-10(5-7-13(17)18-2)8-11(12)15-14-19-3/h4-8,14-15H,1-3H3/b7-5+. The van der Waals surface area contributed by atoms with Crippen LogP contribution in [0.3, 0.4) is 0 Å². The molecule has 1 aromatic rings. The van der Waals surface area contributed by atoms with Crippen molar-refractivity contribution in [1.82, 2.24) is 0 Å². The van der Waals surface area contributed by atoms with E-state index in [-0.39, 0.29) is 7.62 Å². The van der Waals surface area contributed by atoms with E-state index < -0.39 is 11.9 Å². The minimum absolute atomic E-state index is 0.262. The Morgan fingerprint density at radius 3 is 2.65 bits per heavy atom. The second kappa shape index (κ2) is 8.01. The molecule has 0 amide bonds. The zero-order valence-electron chi connectivity index (χ0n) is 11.6. The van der Waals surface area contributed by atoms with Gasteiger partial charge in [0.25, 0.3) is 0 Å². The zero-order chi connectivity index (χ0) is 15.0. The van der Waals surface area contributed by atoms with Gasteiger partial charge in [0, 0.05) is 20.1 Å². The maximum Gasteiger partial charge on any atom is 0.394 e. The van der Waals surface area contributed by atoms with Crippen LogP contribution in [0.5, 0.6) is 5.75 Å². The van der Waals surface area contributed by atoms with Gasteiger partial charge in [0.15, 0.2) is 5.75 Å². The topological polar surface area (TPSA) is 73.9 Å². The summed E-state index contributed by atoms with van der Waals surface area (Å²) >= 11 is 0. The van der Waals surface area contributed by atoms with Crippen molar-refractivity contribution < 1.29 is 23.7 Å². The Hall–Kier alpha value is -2.28. The lowest BCUT2D eigenvalue weighted by molar-refractivity contribution is -0.135. The van der Waals surface area contributed by atoms with Crippen molar-refractivity contribution in [2.24, 2.45) is 0 Å². The van der Waals surface area contributed by atoms with Gasteiger partial charge in [-0.05, 0) is 23.8 Å². The summed E-state index contributed by atoms with van der Waals surface area (Å²) in [5.74, 6) is -0.464. The first-order valence-electron chi connectivity index (χ1n) is 5.88. The molecule has 0 saturated carbocycles. The Morgan fingerprint density at radius 1 is 1.30 bits per heavy atom. The first-order chi connectivity index (χ1) is 9.56. The molecular weight excluding hydrogens is 261 g/mol. The van der Waals surface area contributed by atoms with Gasteiger partial charge in [-0.15, -0.1) is 0 Å². The summed E-state index contributed by atoms with van der Waals surface area (Å²) in [5, 5.41) is 2.96. The van der Waals surface area contributed by atoms with Crippen molar-refractivity contribution in [2.45, 2.75) is 6.92 Å². The fourth-order valence-electron chi connectivity index (χ4n) is 1.42. The molecule has 0 heterocycles. The molecule has 1 N–H and O–H groups in total. The van der Waals surface area contributed by atoms with Gasteiger partial charge >= 0.3 is 19.6 Å². The van der Waals surface area contributed by atoms with Crippen molar-refractivity contribution in [3.8, 4) is 5.75 Å². The Kier molecular flexibility index (Phi) is 6.32. The van der Waals surface area contributed by atoms with Gasteiger partial charge in [-0.1, -0.05) is 6.07 Å². The number of methoxy groups -OCH3 is 1. The van der Waals surface area contributed by atoms with E-state index in [9.17, 15) is 9.59 Å². The van der Waals surface area contributed by atoms with Crippen molar-refractivity contribution >= 4 is 31.3 Å². The molecule has 7 heteroatoms. The summed E-state index contributed by atoms with van der Waals surface area (Å²) in [6.07, 6.45) is 2.91. The van der Waals surface area contributed by atoms with Gasteiger partial charge in [0.05, 0.1) is 12.8 Å². The summed E-state index contributed by atoms with van der Waals surface area (Å²) in [6.45, 7) is 1.32. The van der Waals surface area contributed by atoms with Crippen LogP contribution in [-0.2, 0) is 19.0 Å². The highest BCUT2D eigenvalue weighted by Crippen LogP contribution is 2.26. The van der Waals surface area contributed by atoms with E-state index in [0.29, 0.717) is 11.4 Å². The van der Waals surface area contributed by atoms with Gasteiger partial charge in [-0.2, -0.15) is 0 Å². The van der Waals surface area contributed by atoms with Crippen LogP contribution < -0.4 is 9.96 Å². The lowest BCUT2D eigenvalue weighted by Gasteiger charge is -2.11. The highest BCUT2D eigenvalue weighted by atomic mass is 16.5. The van der Waals surface area contributed by atoms with Crippen molar-refractivity contribution in [1.29, 1.82) is 0 Å². The monoisotopic (exact) mass is 277 g/mol. The minimum atomic E-state index is -0.444. The molecule has 0 unspecified atom stereocenters. The first-order valence-corrected chi connectivity index (χ1v) is 5.88. The van der Waals surface area contributed by atoms with Crippen LogP contribution in [0.25, 0.3) is 6.08 Å². The molecule has 1 aromatic carbocycles. The van der Waals surface area contributed by atoms with Gasteiger partial charge in [-0.25, -0.2) is 4.79 Å². The number of hydrogen-bond acceptors (Lipinski definition) is 6. The third-order valence-electron chi connectivity index (χ3n) is 2.28. The van der Waals surface area contributed by atoms with Gasteiger partial charge < -0.3 is 19.4 Å². The smallest absolute Gasteiger partial charge is 0.394 e. The summed E-state index contributed by atoms with van der Waals surface area (Å²) in [4.78, 5) is 22.1. The van der Waals surface area contributed by atoms with E-state index in [2.05, 4.69) is 9.96 Å². The molecule has 106 valence electrons. The molecule has 0 aliphatic rings. The van der Waals surface area contributed by atoms with Gasteiger partial charge in [0.1, 0.15) is 0 Å². The largest absolute Gasteiger partial charge is 0.466 e. The van der Waals surface area contributed by atoms with Crippen molar-refractivity contribution in [3.63, 3.8) is 0 Å². The molecule has 0 radical (unpaired) electrons. The van der Waals surface area contributed by atoms with Crippen LogP contribution in [0.1, 0.15) is 12.5 Å². The van der Waals surface area contributed by atoms with E-state index >= 15 is 0 Å². The molecule has 20 heavy (non-hydrogen) atoms. The molecular formula is C13H16BNO5. The van der Waals surface area contributed by atoms with Crippen LogP contribution in [0, 0.1) is 0 Å². The van der Waals surface area contributed by atoms with Crippen LogP contribution in [0.2, 0.25) is 0 Å². The lowest BCUT2D eigenvalue weighted by atomic mass is 10.1. The third kappa shape index (κ3) is 5.15. The predicted molar refractivity (Wildman–Crippen MR) is 76.6 cm³/mol. The van der Waals surface area contributed by atoms with E-state index in [0.717, 1.165) is 5.56 Å². The number of esters is 2. The minimum Gasteiger partial charge on any atom is -0.466 e. The Bertz CT molecular complexity index is 515. The molecule has 0 aromatic heterocycles. The second-order valence-electron chi connectivity index (χ2n) is 3.82. The average molecular weight is 277 g/mol. The van der Waals surface area contributed by atoms with Crippen molar-refractivity contribution in [2.75, 3.05) is 19.4 Å². The van der Waals surface area contributed by atoms with Gasteiger partial charge in [-0.3, -0.25) is 4.79 Å². The highest BCUT2D eigenvalue weighted by molar-refractivity contribution is 6.32. The quantitative estimate of drug-likeness (QED) is 0.363. The summed E-state index contributed by atoms with van der Waals surface area (Å²) in [7, 11) is 3.11. The number of anilines is 1. The van der Waals surface area contributed by atoms with Crippen LogP contribution in [0.4, 0.5) is 5.69 Å². The van der Waals surface area contributed by atoms with Gasteiger partial charge in [0.2, 0.25) is 0 Å². The van der Waals surface area contributed by atoms with E-state index in [1.807, 2.05) is 0 Å². The fraction of sp³-hybridized carbons (Fsp3) is 0.231. The van der Waals surface area contributed by atoms with Crippen LogP contribution in [0.15, 0.2) is 24.3 Å². The van der Waals surface area contributed by atoms with E-state index in [1.54, 1.807) is 31.4 Å². The molecule has 1 rings (SSSR count). The van der Waals surface area contributed by atoms with Crippen LogP contribution >= 0.6 is 0 Å². The van der Waals surface area contributed by atoms with E-state index in [1.165, 1.54) is 20.1 Å². The number of nitrogens with one attached hydrogen (secondary N) is 1. The van der Waals surface area contributed by atoms with Crippen molar-refractivity contribution in [3.05, 3.63) is 29.8 Å². The Morgan fingerprint density at radius 2 is 2.05 bits per heavy atom. The first kappa shape index (κ1) is 15.8. The summed E-state index contributed by atoms with van der Waals surface area (Å²) in [6, 6.07) is 5.09. The molecule has 0 atom stereocenters. The summed E-state index contributed by atoms with van der Waals surface area (Å²) in [5.41, 5.74) is 1.35. The highest BCUT2D eigenvalue weighted by Gasteiger charge is 2.07. The maximum atomic E-state index is 11.0. The molecule has 0 aliphatic carbocycles. The molecule has 0 spiro atoms. The Balaban J connectivity index is 2.97. The van der Waals surface area contributed by atoms with E-state index in [4.69, 9.17) is 9.39 Å². The SMILES string of the molecule is COBNc1cc(/C=C/C(=O)OC)ccc1OC(C)=O. The Labute approximate surface area is 118 Å². The molecule has 0 bridgehead atoms. The number of hydrogen-bond donors (Lipinski definition) is 1. The second-order valence-corrected chi connectivity index (χ2v) is 3.82. The van der Waals surface area contributed by atoms with Crippen LogP contribution in [-0.4, -0.2) is 33.8 Å². The number of carbonyl (C=O) groups is 2. The zero-order valence-corrected chi connectivity index (χ0v) is 11.6.